The van der Waals surface area contributed by atoms with E-state index in [1.165, 1.54) is 10.4 Å². The summed E-state index contributed by atoms with van der Waals surface area (Å²) in [5.41, 5.74) is 1.66. The van der Waals surface area contributed by atoms with Crippen molar-refractivity contribution in [2.75, 3.05) is 13.2 Å². The molecular weight excluding hydrogens is 1060 g/mol. The number of rotatable bonds is 19. The number of benzene rings is 8. The molecule has 8 aromatic rings. The standard InChI is InChI=1S/C72H83O5PSi3/c1-56-66(57(2)78(73,58-37-20-12-21-38-58)59-39-22-13-23-40-59)55-67(76-80(71(6,7)8,62-45-28-16-29-46-62)63-47-30-17-31-48-63)69(68(56)77-81(72(9,10)11,64-49-32-18-33-50-64)65-51-34-19-35-52-65)74-53-36-54-75-79(70(3,4)5,60-41-24-14-25-42-60)61-43-26-15-27-44-61/h12-35,37-52,67-69H,1,36,53-55H2,2-11H3. The number of allylic oxidation sites excluding steroid dienone is 1. The lowest BCUT2D eigenvalue weighted by Gasteiger charge is -2.52. The number of hydrogen-bond donors (Lipinski definition) is 0. The highest BCUT2D eigenvalue weighted by atomic mass is 31.2. The van der Waals surface area contributed by atoms with Crippen LogP contribution in [0.15, 0.2) is 266 Å². The Hall–Kier alpha value is -6.04. The summed E-state index contributed by atoms with van der Waals surface area (Å²) in [7, 11) is -13.1. The van der Waals surface area contributed by atoms with Crippen LogP contribution in [0.4, 0.5) is 0 Å². The van der Waals surface area contributed by atoms with Crippen LogP contribution in [-0.4, -0.2) is 56.5 Å². The maximum atomic E-state index is 16.8. The van der Waals surface area contributed by atoms with Gasteiger partial charge in [-0.2, -0.15) is 0 Å². The fourth-order valence-corrected chi connectivity index (χ4v) is 29.7. The fourth-order valence-electron chi connectivity index (χ4n) is 12.9. The van der Waals surface area contributed by atoms with Gasteiger partial charge in [0.25, 0.3) is 25.0 Å². The first-order valence-electron chi connectivity index (χ1n) is 28.9. The monoisotopic (exact) mass is 1140 g/mol. The highest BCUT2D eigenvalue weighted by Gasteiger charge is 2.58. The van der Waals surface area contributed by atoms with Crippen molar-refractivity contribution in [3.63, 3.8) is 0 Å². The van der Waals surface area contributed by atoms with E-state index in [0.717, 1.165) is 47.8 Å². The van der Waals surface area contributed by atoms with Crippen LogP contribution in [0.1, 0.15) is 82.1 Å². The predicted octanol–water partition coefficient (Wildman–Crippen LogP) is 13.5. The van der Waals surface area contributed by atoms with E-state index in [2.05, 4.69) is 251 Å². The summed E-state index contributed by atoms with van der Waals surface area (Å²) >= 11 is 0. The Labute approximate surface area is 487 Å². The maximum absolute atomic E-state index is 16.8. The molecule has 0 bridgehead atoms. The molecule has 0 aliphatic heterocycles. The van der Waals surface area contributed by atoms with Gasteiger partial charge in [-0.15, -0.1) is 0 Å². The Kier molecular flexibility index (Phi) is 18.3. The van der Waals surface area contributed by atoms with Crippen molar-refractivity contribution in [3.05, 3.63) is 266 Å². The van der Waals surface area contributed by atoms with E-state index in [-0.39, 0.29) is 10.1 Å². The molecule has 9 rings (SSSR count). The summed E-state index contributed by atoms with van der Waals surface area (Å²) in [6, 6.07) is 85.1. The average Bonchev–Trinajstić information content (AvgIpc) is 3.66. The summed E-state index contributed by atoms with van der Waals surface area (Å²) in [6.07, 6.45) is -1.02. The molecule has 0 saturated heterocycles. The van der Waals surface area contributed by atoms with E-state index >= 15 is 4.57 Å². The Bertz CT molecular complexity index is 3220. The van der Waals surface area contributed by atoms with E-state index in [1.807, 2.05) is 60.7 Å². The second-order valence-corrected chi connectivity index (χ2v) is 40.5. The van der Waals surface area contributed by atoms with Gasteiger partial charge in [-0.05, 0) is 76.0 Å². The summed E-state index contributed by atoms with van der Waals surface area (Å²) in [6.45, 7) is 29.0. The van der Waals surface area contributed by atoms with Crippen molar-refractivity contribution in [1.82, 2.24) is 0 Å². The third-order valence-corrected chi connectivity index (χ3v) is 35.1. The summed E-state index contributed by atoms with van der Waals surface area (Å²) < 4.78 is 49.0. The van der Waals surface area contributed by atoms with Crippen LogP contribution in [0.3, 0.4) is 0 Å². The van der Waals surface area contributed by atoms with E-state index < -0.39 is 55.4 Å². The van der Waals surface area contributed by atoms with Gasteiger partial charge in [-0.1, -0.05) is 312 Å². The minimum atomic E-state index is -3.53. The zero-order valence-corrected chi connectivity index (χ0v) is 53.2. The lowest BCUT2D eigenvalue weighted by atomic mass is 9.84. The Morgan fingerprint density at radius 2 is 0.741 bits per heavy atom. The highest BCUT2D eigenvalue weighted by molar-refractivity contribution is 7.82. The minimum Gasteiger partial charge on any atom is -0.407 e. The van der Waals surface area contributed by atoms with Crippen LogP contribution in [-0.2, 0) is 22.6 Å². The predicted molar refractivity (Wildman–Crippen MR) is 349 cm³/mol. The molecule has 0 aromatic heterocycles. The van der Waals surface area contributed by atoms with E-state index in [0.29, 0.717) is 26.1 Å². The first kappa shape index (κ1) is 59.6. The van der Waals surface area contributed by atoms with Crippen molar-refractivity contribution in [3.8, 4) is 0 Å². The molecule has 0 amide bonds. The molecule has 9 heteroatoms. The van der Waals surface area contributed by atoms with E-state index in [9.17, 15) is 0 Å². The molecule has 5 nitrogen and oxygen atoms in total. The zero-order chi connectivity index (χ0) is 57.5. The summed E-state index contributed by atoms with van der Waals surface area (Å²) in [4.78, 5) is 0. The molecule has 0 spiro atoms. The highest BCUT2D eigenvalue weighted by Crippen LogP contribution is 2.56. The van der Waals surface area contributed by atoms with Gasteiger partial charge in [-0.25, -0.2) is 0 Å². The molecule has 0 N–H and O–H groups in total. The molecular formula is C72H83O5PSi3. The van der Waals surface area contributed by atoms with Gasteiger partial charge in [0.15, 0.2) is 7.14 Å². The van der Waals surface area contributed by atoms with Crippen LogP contribution in [0, 0.1) is 0 Å². The minimum absolute atomic E-state index is 0.194. The van der Waals surface area contributed by atoms with Gasteiger partial charge in [0.2, 0.25) is 0 Å². The second kappa shape index (κ2) is 24.8. The average molecular weight is 1140 g/mol. The molecule has 1 saturated carbocycles. The first-order valence-corrected chi connectivity index (χ1v) is 36.3. The van der Waals surface area contributed by atoms with Crippen LogP contribution in [0.5, 0.6) is 0 Å². The maximum Gasteiger partial charge on any atom is 0.262 e. The molecule has 418 valence electrons. The van der Waals surface area contributed by atoms with Gasteiger partial charge < -0.3 is 22.6 Å². The quantitative estimate of drug-likeness (QED) is 0.0459. The lowest BCUT2D eigenvalue weighted by molar-refractivity contribution is -0.0862. The third kappa shape index (κ3) is 11.6. The second-order valence-electron chi connectivity index (χ2n) is 24.8. The number of ether oxygens (including phenoxy) is 1. The Balaban J connectivity index is 1.27. The van der Waals surface area contributed by atoms with Crippen LogP contribution in [0.25, 0.3) is 0 Å². The van der Waals surface area contributed by atoms with Gasteiger partial charge in [-0.3, -0.25) is 0 Å². The van der Waals surface area contributed by atoms with Gasteiger partial charge in [0.1, 0.15) is 6.10 Å². The van der Waals surface area contributed by atoms with Crippen molar-refractivity contribution in [2.24, 2.45) is 0 Å². The normalized spacial score (nSPS) is 17.4. The van der Waals surface area contributed by atoms with Crippen LogP contribution in [0.2, 0.25) is 15.1 Å². The van der Waals surface area contributed by atoms with Crippen LogP contribution < -0.4 is 41.7 Å². The van der Waals surface area contributed by atoms with Gasteiger partial charge in [0, 0.05) is 30.2 Å². The molecule has 3 unspecified atom stereocenters. The summed E-state index contributed by atoms with van der Waals surface area (Å²) in [5.74, 6) is 0. The Morgan fingerprint density at radius 3 is 1.06 bits per heavy atom. The van der Waals surface area contributed by atoms with Gasteiger partial charge in [0.05, 0.1) is 12.2 Å². The third-order valence-electron chi connectivity index (χ3n) is 16.7. The topological polar surface area (TPSA) is 54.0 Å². The number of hydrogen-bond acceptors (Lipinski definition) is 5. The largest absolute Gasteiger partial charge is 0.407 e. The SMILES string of the molecule is C=C1C(=C(C)P(=O)(c2ccccc2)c2ccccc2)CC(O[Si](c2ccccc2)(c2ccccc2)C(C)(C)C)C(OCCCO[Si](c2ccccc2)(c2ccccc2)C(C)(C)C)C1O[Si](c1ccccc1)(c1ccccc1)C(C)(C)C. The molecule has 81 heavy (non-hydrogen) atoms. The van der Waals surface area contributed by atoms with E-state index in [4.69, 9.17) is 24.6 Å². The molecule has 1 aliphatic rings. The lowest BCUT2D eigenvalue weighted by Crippen LogP contribution is -2.71. The summed E-state index contributed by atoms with van der Waals surface area (Å²) in [5, 5.41) is 8.42. The van der Waals surface area contributed by atoms with Crippen molar-refractivity contribution in [1.29, 1.82) is 0 Å². The molecule has 3 atom stereocenters. The smallest absolute Gasteiger partial charge is 0.262 e. The molecule has 1 fully saturated rings. The molecule has 0 radical (unpaired) electrons. The Morgan fingerprint density at radius 1 is 0.444 bits per heavy atom. The van der Waals surface area contributed by atoms with Crippen molar-refractivity contribution < 1.29 is 22.6 Å². The van der Waals surface area contributed by atoms with E-state index in [1.54, 1.807) is 0 Å². The molecule has 0 heterocycles. The first-order chi connectivity index (χ1) is 38.8. The molecule has 1 aliphatic carbocycles. The fraction of sp³-hybridized carbons (Fsp3) is 0.278. The zero-order valence-electron chi connectivity index (χ0n) is 49.4. The van der Waals surface area contributed by atoms with Gasteiger partial charge >= 0.3 is 0 Å². The van der Waals surface area contributed by atoms with Crippen molar-refractivity contribution in [2.45, 2.75) is 116 Å². The van der Waals surface area contributed by atoms with Crippen LogP contribution >= 0.6 is 7.14 Å². The molecule has 8 aromatic carbocycles. The van der Waals surface area contributed by atoms with Crippen molar-refractivity contribution >= 4 is 73.8 Å².